The number of alkyl halides is 3. The maximum absolute atomic E-state index is 13.6. The molecule has 6 nitrogen and oxygen atoms in total. The quantitative estimate of drug-likeness (QED) is 0.237. The minimum Gasteiger partial charge on any atom is -0.466 e. The number of halogens is 5. The summed E-state index contributed by atoms with van der Waals surface area (Å²) in [6.07, 6.45) is -1.86. The second kappa shape index (κ2) is 11.2. The number of pyridine rings is 1. The van der Waals surface area contributed by atoms with E-state index >= 15 is 0 Å². The third-order valence-corrected chi connectivity index (χ3v) is 7.81. The van der Waals surface area contributed by atoms with Crippen LogP contribution >= 0.6 is 23.2 Å². The zero-order valence-electron chi connectivity index (χ0n) is 21.3. The van der Waals surface area contributed by atoms with Gasteiger partial charge < -0.3 is 9.30 Å². The van der Waals surface area contributed by atoms with Gasteiger partial charge in [-0.3, -0.25) is 14.5 Å². The molecule has 0 bridgehead atoms. The number of carbonyl (C=O) groups is 2. The Kier molecular flexibility index (Phi) is 8.40. The molecule has 0 N–H and O–H groups in total. The normalized spacial score (nSPS) is 15.3. The van der Waals surface area contributed by atoms with Crippen molar-refractivity contribution in [1.82, 2.24) is 14.5 Å². The van der Waals surface area contributed by atoms with Crippen LogP contribution in [0.2, 0.25) is 10.0 Å². The number of benzene rings is 1. The topological polar surface area (TPSA) is 64.4 Å². The van der Waals surface area contributed by atoms with Crippen molar-refractivity contribution in [3.05, 3.63) is 62.4 Å². The molecule has 3 aromatic rings. The van der Waals surface area contributed by atoms with Gasteiger partial charge >= 0.3 is 12.1 Å². The molecule has 4 rings (SSSR count). The first-order valence-electron chi connectivity index (χ1n) is 12.3. The van der Waals surface area contributed by atoms with Gasteiger partial charge in [0, 0.05) is 25.9 Å². The number of aryl methyl sites for hydroxylation is 2. The van der Waals surface area contributed by atoms with Crippen molar-refractivity contribution in [2.24, 2.45) is 13.0 Å². The Balaban J connectivity index is 1.55. The van der Waals surface area contributed by atoms with E-state index in [1.54, 1.807) is 19.1 Å². The zero-order chi connectivity index (χ0) is 27.8. The highest BCUT2D eigenvalue weighted by atomic mass is 35.5. The van der Waals surface area contributed by atoms with Crippen LogP contribution in [0.25, 0.3) is 11.0 Å². The molecular formula is C27H28Cl2F3N3O3. The molecule has 1 saturated heterocycles. The summed E-state index contributed by atoms with van der Waals surface area (Å²) in [4.78, 5) is 30.6. The van der Waals surface area contributed by atoms with E-state index in [1.165, 1.54) is 24.6 Å². The van der Waals surface area contributed by atoms with Crippen molar-refractivity contribution in [3.63, 3.8) is 0 Å². The first-order chi connectivity index (χ1) is 17.9. The van der Waals surface area contributed by atoms with Crippen molar-refractivity contribution in [2.75, 3.05) is 19.7 Å². The summed E-state index contributed by atoms with van der Waals surface area (Å²) >= 11 is 13.1. The van der Waals surface area contributed by atoms with Crippen molar-refractivity contribution >= 4 is 46.0 Å². The number of fused-ring (bicyclic) bond motifs is 1. The highest BCUT2D eigenvalue weighted by Crippen LogP contribution is 2.35. The third kappa shape index (κ3) is 6.00. The summed E-state index contributed by atoms with van der Waals surface area (Å²) < 4.78 is 46.3. The zero-order valence-corrected chi connectivity index (χ0v) is 22.8. The Morgan fingerprint density at radius 1 is 1.16 bits per heavy atom. The number of carbonyl (C=O) groups excluding carboxylic acids is 2. The lowest BCUT2D eigenvalue weighted by Crippen LogP contribution is -2.33. The van der Waals surface area contributed by atoms with Gasteiger partial charge in [0.15, 0.2) is 0 Å². The Hall–Kier alpha value is -2.62. The summed E-state index contributed by atoms with van der Waals surface area (Å²) in [7, 11) is 1.50. The number of rotatable bonds is 7. The van der Waals surface area contributed by atoms with E-state index in [9.17, 15) is 22.8 Å². The highest BCUT2D eigenvalue weighted by molar-refractivity contribution is 6.41. The molecule has 0 amide bonds. The minimum absolute atomic E-state index is 0.0562. The molecule has 38 heavy (non-hydrogen) atoms. The molecule has 1 aliphatic heterocycles. The molecule has 0 aliphatic carbocycles. The monoisotopic (exact) mass is 569 g/mol. The average molecular weight is 570 g/mol. The number of hydrogen-bond donors (Lipinski definition) is 0. The molecule has 0 saturated carbocycles. The summed E-state index contributed by atoms with van der Waals surface area (Å²) in [5.74, 6) is -0.282. The number of piperidine rings is 1. The smallest absolute Gasteiger partial charge is 0.433 e. The van der Waals surface area contributed by atoms with Gasteiger partial charge in [0.1, 0.15) is 11.3 Å². The summed E-state index contributed by atoms with van der Waals surface area (Å²) in [5, 5.41) is 0.841. The molecule has 0 radical (unpaired) electrons. The Labute approximate surface area is 228 Å². The first kappa shape index (κ1) is 28.4. The second-order valence-electron chi connectivity index (χ2n) is 9.72. The van der Waals surface area contributed by atoms with Gasteiger partial charge in [-0.25, -0.2) is 4.98 Å². The molecular weight excluding hydrogens is 542 g/mol. The van der Waals surface area contributed by atoms with E-state index < -0.39 is 17.7 Å². The number of nitrogens with zero attached hydrogens (tertiary/aromatic N) is 3. The lowest BCUT2D eigenvalue weighted by molar-refractivity contribution is -0.142. The second-order valence-corrected chi connectivity index (χ2v) is 10.5. The van der Waals surface area contributed by atoms with E-state index in [2.05, 4.69) is 9.88 Å². The maximum Gasteiger partial charge on any atom is 0.433 e. The van der Waals surface area contributed by atoms with Gasteiger partial charge in [0.25, 0.3) is 0 Å². The molecule has 2 aromatic heterocycles. The van der Waals surface area contributed by atoms with E-state index in [0.29, 0.717) is 30.0 Å². The van der Waals surface area contributed by atoms with Crippen LogP contribution in [0.3, 0.4) is 0 Å². The van der Waals surface area contributed by atoms with Gasteiger partial charge in [-0.15, -0.1) is 0 Å². The predicted octanol–water partition coefficient (Wildman–Crippen LogP) is 6.60. The van der Waals surface area contributed by atoms with Crippen molar-refractivity contribution in [2.45, 2.75) is 45.8 Å². The summed E-state index contributed by atoms with van der Waals surface area (Å²) in [5.41, 5.74) is 0.395. The number of ketones is 1. The first-order valence-corrected chi connectivity index (χ1v) is 13.0. The molecule has 11 heteroatoms. The van der Waals surface area contributed by atoms with Gasteiger partial charge in [-0.05, 0) is 74.5 Å². The highest BCUT2D eigenvalue weighted by Gasteiger charge is 2.34. The molecule has 1 aliphatic rings. The number of ether oxygens (including phenoxy) is 1. The average Bonchev–Trinajstić information content (AvgIpc) is 3.18. The number of esters is 1. The van der Waals surface area contributed by atoms with Crippen molar-refractivity contribution in [1.29, 1.82) is 0 Å². The lowest BCUT2D eigenvalue weighted by atomic mass is 9.93. The Morgan fingerprint density at radius 2 is 1.84 bits per heavy atom. The van der Waals surface area contributed by atoms with Gasteiger partial charge in [-0.1, -0.05) is 29.3 Å². The molecule has 1 aromatic carbocycles. The molecule has 204 valence electrons. The molecule has 0 unspecified atom stereocenters. The largest absolute Gasteiger partial charge is 0.466 e. The fraction of sp³-hybridized carbons (Fsp3) is 0.444. The number of hydrogen-bond acceptors (Lipinski definition) is 5. The van der Waals surface area contributed by atoms with Crippen LogP contribution < -0.4 is 0 Å². The maximum atomic E-state index is 13.6. The van der Waals surface area contributed by atoms with Crippen LogP contribution in [-0.2, 0) is 29.3 Å². The van der Waals surface area contributed by atoms with Crippen LogP contribution in [-0.4, -0.2) is 45.9 Å². The van der Waals surface area contributed by atoms with E-state index in [1.807, 2.05) is 0 Å². The minimum atomic E-state index is -4.61. The predicted molar refractivity (Wildman–Crippen MR) is 140 cm³/mol. The van der Waals surface area contributed by atoms with Crippen LogP contribution in [0.5, 0.6) is 0 Å². The standard InChI is InChI=1S/C27H28Cl2F3N3O3/c1-15-12-22(27(30,31)32)33-26-19(15)13-21(34(26)3)25(37)23-20(28)5-4-18(24(23)29)14-35-9-6-17(7-10-35)8-11-38-16(2)36/h4-5,12-13,17H,6-11,14H2,1-3H3. The Bertz CT molecular complexity index is 1380. The summed E-state index contributed by atoms with van der Waals surface area (Å²) in [6, 6.07) is 5.91. The van der Waals surface area contributed by atoms with E-state index in [0.717, 1.165) is 44.0 Å². The SMILES string of the molecule is CC(=O)OCCC1CCN(Cc2ccc(Cl)c(C(=O)c3cc4c(C)cc(C(F)(F)F)nc4n3C)c2Cl)CC1. The van der Waals surface area contributed by atoms with Gasteiger partial charge in [0.2, 0.25) is 5.78 Å². The van der Waals surface area contributed by atoms with E-state index in [4.69, 9.17) is 27.9 Å². The molecule has 3 heterocycles. The lowest BCUT2D eigenvalue weighted by Gasteiger charge is -2.32. The number of likely N-dealkylation sites (tertiary alicyclic amines) is 1. The van der Waals surface area contributed by atoms with Gasteiger partial charge in [0.05, 0.1) is 27.9 Å². The van der Waals surface area contributed by atoms with Crippen LogP contribution in [0.15, 0.2) is 24.3 Å². The van der Waals surface area contributed by atoms with Crippen LogP contribution in [0, 0.1) is 12.8 Å². The molecule has 1 fully saturated rings. The van der Waals surface area contributed by atoms with Gasteiger partial charge in [-0.2, -0.15) is 13.2 Å². The fourth-order valence-electron chi connectivity index (χ4n) is 4.91. The third-order valence-electron chi connectivity index (χ3n) is 7.06. The van der Waals surface area contributed by atoms with Crippen molar-refractivity contribution in [3.8, 4) is 0 Å². The summed E-state index contributed by atoms with van der Waals surface area (Å²) in [6.45, 7) is 5.57. The Morgan fingerprint density at radius 3 is 2.47 bits per heavy atom. The van der Waals surface area contributed by atoms with E-state index in [-0.39, 0.29) is 32.9 Å². The fourth-order valence-corrected chi connectivity index (χ4v) is 5.51. The van der Waals surface area contributed by atoms with Crippen molar-refractivity contribution < 1.29 is 27.5 Å². The number of aromatic nitrogens is 2. The molecule has 0 atom stereocenters. The molecule has 0 spiro atoms. The van der Waals surface area contributed by atoms with Crippen LogP contribution in [0.1, 0.15) is 59.1 Å². The van der Waals surface area contributed by atoms with Crippen LogP contribution in [0.4, 0.5) is 13.2 Å².